The van der Waals surface area contributed by atoms with Crippen molar-refractivity contribution in [2.24, 2.45) is 4.99 Å². The third-order valence-corrected chi connectivity index (χ3v) is 6.94. The fraction of sp³-hybridized carbons (Fsp3) is 0.138. The standard InChI is InChI=1S/C29H23ClN2O2S/c1-29(2,3)21-10-8-18(9-11-21)26-31-25(28(33)34-26)17-20-16-19-6-4-5-7-24(19)32-27(20)35-23-14-12-22(30)13-15-23/h4-17H,1-3H3. The molecule has 0 atom stereocenters. The summed E-state index contributed by atoms with van der Waals surface area (Å²) < 4.78 is 5.52. The Balaban J connectivity index is 1.53. The lowest BCUT2D eigenvalue weighted by Crippen LogP contribution is -2.11. The van der Waals surface area contributed by atoms with E-state index < -0.39 is 5.97 Å². The van der Waals surface area contributed by atoms with Crippen LogP contribution in [0.5, 0.6) is 0 Å². The molecule has 0 fully saturated rings. The van der Waals surface area contributed by atoms with Gasteiger partial charge in [-0.1, -0.05) is 74.5 Å². The van der Waals surface area contributed by atoms with Crippen molar-refractivity contribution in [2.75, 3.05) is 0 Å². The number of ether oxygens (including phenoxy) is 1. The number of benzene rings is 3. The van der Waals surface area contributed by atoms with Gasteiger partial charge in [0.25, 0.3) is 0 Å². The molecule has 0 unspecified atom stereocenters. The predicted molar refractivity (Wildman–Crippen MR) is 143 cm³/mol. The SMILES string of the molecule is CC(C)(C)c1ccc(C2=NC(=Cc3cc4ccccc4nc3Sc3ccc(Cl)cc3)C(=O)O2)cc1. The average molecular weight is 499 g/mol. The van der Waals surface area contributed by atoms with Gasteiger partial charge in [-0.15, -0.1) is 0 Å². The zero-order valence-electron chi connectivity index (χ0n) is 19.6. The van der Waals surface area contributed by atoms with Crippen molar-refractivity contribution in [2.45, 2.75) is 36.1 Å². The smallest absolute Gasteiger partial charge is 0.363 e. The molecule has 3 aromatic carbocycles. The molecule has 0 spiro atoms. The van der Waals surface area contributed by atoms with Crippen molar-refractivity contribution < 1.29 is 9.53 Å². The van der Waals surface area contributed by atoms with Gasteiger partial charge in [0, 0.05) is 26.4 Å². The number of esters is 1. The molecule has 0 radical (unpaired) electrons. The van der Waals surface area contributed by atoms with Crippen molar-refractivity contribution in [3.63, 3.8) is 0 Å². The van der Waals surface area contributed by atoms with Crippen LogP contribution in [0.4, 0.5) is 0 Å². The fourth-order valence-electron chi connectivity index (χ4n) is 3.71. The van der Waals surface area contributed by atoms with E-state index in [0.717, 1.165) is 32.0 Å². The van der Waals surface area contributed by atoms with Crippen LogP contribution in [0.1, 0.15) is 37.5 Å². The highest BCUT2D eigenvalue weighted by molar-refractivity contribution is 7.99. The van der Waals surface area contributed by atoms with E-state index in [1.54, 1.807) is 6.08 Å². The summed E-state index contributed by atoms with van der Waals surface area (Å²) in [5, 5.41) is 2.42. The molecule has 4 aromatic rings. The van der Waals surface area contributed by atoms with Crippen molar-refractivity contribution in [1.82, 2.24) is 4.98 Å². The lowest BCUT2D eigenvalue weighted by atomic mass is 9.87. The number of aliphatic imine (C=N–C) groups is 1. The number of para-hydroxylation sites is 1. The minimum absolute atomic E-state index is 0.0407. The first-order chi connectivity index (χ1) is 16.8. The summed E-state index contributed by atoms with van der Waals surface area (Å²) in [6, 6.07) is 25.5. The summed E-state index contributed by atoms with van der Waals surface area (Å²) in [6.07, 6.45) is 1.75. The van der Waals surface area contributed by atoms with Gasteiger partial charge in [0.1, 0.15) is 5.03 Å². The van der Waals surface area contributed by atoms with Crippen molar-refractivity contribution in [3.05, 3.63) is 106 Å². The Kier molecular flexibility index (Phi) is 6.22. The van der Waals surface area contributed by atoms with Gasteiger partial charge in [0.05, 0.1) is 5.52 Å². The molecule has 0 saturated carbocycles. The summed E-state index contributed by atoms with van der Waals surface area (Å²) in [6.45, 7) is 6.48. The Morgan fingerprint density at radius 1 is 0.943 bits per heavy atom. The minimum atomic E-state index is -0.476. The quantitative estimate of drug-likeness (QED) is 0.214. The third kappa shape index (κ3) is 5.16. The van der Waals surface area contributed by atoms with E-state index in [0.29, 0.717) is 10.9 Å². The molecule has 1 aliphatic heterocycles. The van der Waals surface area contributed by atoms with Crippen molar-refractivity contribution in [1.29, 1.82) is 0 Å². The average Bonchev–Trinajstić information content (AvgIpc) is 3.20. The second-order valence-corrected chi connectivity index (χ2v) is 10.8. The molecule has 4 nitrogen and oxygen atoms in total. The van der Waals surface area contributed by atoms with Gasteiger partial charge < -0.3 is 4.74 Å². The van der Waals surface area contributed by atoms with Crippen LogP contribution in [-0.2, 0) is 14.9 Å². The Morgan fingerprint density at radius 3 is 2.37 bits per heavy atom. The van der Waals surface area contributed by atoms with Crippen LogP contribution in [0.2, 0.25) is 5.02 Å². The number of carbonyl (C=O) groups is 1. The van der Waals surface area contributed by atoms with E-state index >= 15 is 0 Å². The highest BCUT2D eigenvalue weighted by atomic mass is 35.5. The number of fused-ring (bicyclic) bond motifs is 1. The molecule has 1 aliphatic rings. The number of hydrogen-bond acceptors (Lipinski definition) is 5. The second-order valence-electron chi connectivity index (χ2n) is 9.29. The number of hydrogen-bond donors (Lipinski definition) is 0. The van der Waals surface area contributed by atoms with E-state index in [-0.39, 0.29) is 11.1 Å². The molecule has 0 N–H and O–H groups in total. The Morgan fingerprint density at radius 2 is 1.66 bits per heavy atom. The van der Waals surface area contributed by atoms with E-state index in [2.05, 4.69) is 25.8 Å². The van der Waals surface area contributed by atoms with Gasteiger partial charge in [-0.3, -0.25) is 0 Å². The molecule has 0 aliphatic carbocycles. The van der Waals surface area contributed by atoms with Crippen LogP contribution in [0.25, 0.3) is 17.0 Å². The van der Waals surface area contributed by atoms with E-state index in [1.807, 2.05) is 78.9 Å². The highest BCUT2D eigenvalue weighted by Crippen LogP contribution is 2.34. The highest BCUT2D eigenvalue weighted by Gasteiger charge is 2.25. The molecule has 5 rings (SSSR count). The van der Waals surface area contributed by atoms with E-state index in [1.165, 1.54) is 17.3 Å². The zero-order chi connectivity index (χ0) is 24.6. The minimum Gasteiger partial charge on any atom is -0.402 e. The Labute approximate surface area is 213 Å². The lowest BCUT2D eigenvalue weighted by Gasteiger charge is -2.18. The van der Waals surface area contributed by atoms with Crippen molar-refractivity contribution in [3.8, 4) is 0 Å². The van der Waals surface area contributed by atoms with Gasteiger partial charge in [-0.05, 0) is 65.6 Å². The normalized spacial score (nSPS) is 14.9. The largest absolute Gasteiger partial charge is 0.402 e. The first-order valence-corrected chi connectivity index (χ1v) is 12.4. The predicted octanol–water partition coefficient (Wildman–Crippen LogP) is 7.68. The van der Waals surface area contributed by atoms with E-state index in [4.69, 9.17) is 21.3 Å². The van der Waals surface area contributed by atoms with E-state index in [9.17, 15) is 4.79 Å². The van der Waals surface area contributed by atoms with Crippen LogP contribution >= 0.6 is 23.4 Å². The first kappa shape index (κ1) is 23.3. The van der Waals surface area contributed by atoms with Crippen LogP contribution in [0.15, 0.2) is 99.5 Å². The fourth-order valence-corrected chi connectivity index (χ4v) is 4.71. The Hall–Kier alpha value is -3.41. The van der Waals surface area contributed by atoms with Crippen LogP contribution in [-0.4, -0.2) is 16.9 Å². The summed E-state index contributed by atoms with van der Waals surface area (Å²) in [5.41, 5.74) is 3.93. The maximum atomic E-state index is 12.7. The maximum Gasteiger partial charge on any atom is 0.363 e. The second kappa shape index (κ2) is 9.33. The molecule has 6 heteroatoms. The number of pyridine rings is 1. The lowest BCUT2D eigenvalue weighted by molar-refractivity contribution is -0.129. The Bertz CT molecular complexity index is 1480. The molecule has 2 heterocycles. The van der Waals surface area contributed by atoms with Crippen molar-refractivity contribution >= 4 is 52.2 Å². The summed E-state index contributed by atoms with van der Waals surface area (Å²) in [4.78, 5) is 23.1. The summed E-state index contributed by atoms with van der Waals surface area (Å²) in [7, 11) is 0. The van der Waals surface area contributed by atoms with Gasteiger partial charge in [0.15, 0.2) is 5.70 Å². The van der Waals surface area contributed by atoms with Gasteiger partial charge in [-0.2, -0.15) is 0 Å². The molecule has 35 heavy (non-hydrogen) atoms. The third-order valence-electron chi connectivity index (χ3n) is 5.66. The summed E-state index contributed by atoms with van der Waals surface area (Å²) in [5.74, 6) is -0.169. The molecular weight excluding hydrogens is 476 g/mol. The molecule has 174 valence electrons. The first-order valence-electron chi connectivity index (χ1n) is 11.2. The van der Waals surface area contributed by atoms with Gasteiger partial charge >= 0.3 is 5.97 Å². The van der Waals surface area contributed by atoms with Gasteiger partial charge in [-0.25, -0.2) is 14.8 Å². The van der Waals surface area contributed by atoms with Crippen LogP contribution in [0, 0.1) is 0 Å². The number of aromatic nitrogens is 1. The molecule has 0 bridgehead atoms. The number of carbonyl (C=O) groups excluding carboxylic acids is 1. The molecule has 0 amide bonds. The zero-order valence-corrected chi connectivity index (χ0v) is 21.2. The molecule has 1 aromatic heterocycles. The summed E-state index contributed by atoms with van der Waals surface area (Å²) >= 11 is 7.56. The number of halogens is 1. The number of cyclic esters (lactones) is 1. The number of nitrogens with zero attached hydrogens (tertiary/aromatic N) is 2. The van der Waals surface area contributed by atoms with Crippen LogP contribution < -0.4 is 0 Å². The van der Waals surface area contributed by atoms with Gasteiger partial charge in [0.2, 0.25) is 5.90 Å². The molecular formula is C29H23ClN2O2S. The number of rotatable bonds is 4. The van der Waals surface area contributed by atoms with Crippen LogP contribution in [0.3, 0.4) is 0 Å². The topological polar surface area (TPSA) is 51.5 Å². The molecule has 0 saturated heterocycles. The maximum absolute atomic E-state index is 12.7. The monoisotopic (exact) mass is 498 g/mol.